The van der Waals surface area contributed by atoms with Crippen molar-refractivity contribution in [3.8, 4) is 0 Å². The van der Waals surface area contributed by atoms with Gasteiger partial charge in [-0.25, -0.2) is 4.79 Å². The number of ether oxygens (including phenoxy) is 1. The third-order valence-corrected chi connectivity index (χ3v) is 5.94. The van der Waals surface area contributed by atoms with Crippen LogP contribution in [-0.4, -0.2) is 52.7 Å². The highest BCUT2D eigenvalue weighted by molar-refractivity contribution is 6.31. The lowest BCUT2D eigenvalue weighted by Gasteiger charge is -2.37. The number of carbonyl (C=O) groups is 2. The number of nitrogens with one attached hydrogen (secondary N) is 1. The van der Waals surface area contributed by atoms with Crippen molar-refractivity contribution in [2.75, 3.05) is 18.4 Å². The van der Waals surface area contributed by atoms with Gasteiger partial charge in [0.25, 0.3) is 0 Å². The first kappa shape index (κ1) is 28.2. The van der Waals surface area contributed by atoms with Crippen molar-refractivity contribution in [1.82, 2.24) is 4.90 Å². The fourth-order valence-electron chi connectivity index (χ4n) is 3.97. The minimum atomic E-state index is -4.54. The van der Waals surface area contributed by atoms with Crippen LogP contribution in [0.3, 0.4) is 0 Å². The van der Waals surface area contributed by atoms with Gasteiger partial charge in [0.05, 0.1) is 17.7 Å². The summed E-state index contributed by atoms with van der Waals surface area (Å²) in [6.07, 6.45) is -2.60. The Labute approximate surface area is 203 Å². The number of halogens is 4. The first-order chi connectivity index (χ1) is 15.7. The predicted molar refractivity (Wildman–Crippen MR) is 125 cm³/mol. The standard InChI is InChI=1S/C24H34ClF3N2O4/c1-15(31)20(29-19-12-17(24(26,27)28)11-18(25)13-19)8-6-5-7-16-14-30(10-9-21(16)32)22(33)34-23(2,3)4/h11-13,16,20-21,29,32H,5-10,14H2,1-4H3/t16-,20+,21-/m0/s1. The van der Waals surface area contributed by atoms with Gasteiger partial charge in [-0.05, 0) is 65.2 Å². The molecule has 2 N–H and O–H groups in total. The summed E-state index contributed by atoms with van der Waals surface area (Å²) in [5, 5.41) is 13.2. The number of anilines is 1. The fraction of sp³-hybridized carbons (Fsp3) is 0.667. The van der Waals surface area contributed by atoms with E-state index in [9.17, 15) is 27.9 Å². The number of carbonyl (C=O) groups excluding carboxylic acids is 2. The molecule has 0 aromatic heterocycles. The first-order valence-electron chi connectivity index (χ1n) is 11.5. The van der Waals surface area contributed by atoms with Crippen LogP contribution in [0.1, 0.15) is 65.4 Å². The van der Waals surface area contributed by atoms with Crippen molar-refractivity contribution in [3.63, 3.8) is 0 Å². The summed E-state index contributed by atoms with van der Waals surface area (Å²) in [4.78, 5) is 26.0. The van der Waals surface area contributed by atoms with Gasteiger partial charge in [0.2, 0.25) is 0 Å². The second-order valence-corrected chi connectivity index (χ2v) is 10.3. The maximum atomic E-state index is 13.1. The lowest BCUT2D eigenvalue weighted by atomic mass is 9.89. The third-order valence-electron chi connectivity index (χ3n) is 5.72. The Morgan fingerprint density at radius 3 is 2.50 bits per heavy atom. The van der Waals surface area contributed by atoms with Crippen LogP contribution in [0.25, 0.3) is 0 Å². The highest BCUT2D eigenvalue weighted by atomic mass is 35.5. The van der Waals surface area contributed by atoms with Gasteiger partial charge in [0.15, 0.2) is 5.78 Å². The van der Waals surface area contributed by atoms with E-state index in [1.807, 2.05) is 0 Å². The minimum Gasteiger partial charge on any atom is -0.444 e. The predicted octanol–water partition coefficient (Wildman–Crippen LogP) is 5.91. The monoisotopic (exact) mass is 506 g/mol. The molecule has 0 bridgehead atoms. The molecular formula is C24H34ClF3N2O4. The Balaban J connectivity index is 1.89. The van der Waals surface area contributed by atoms with Gasteiger partial charge >= 0.3 is 12.3 Å². The lowest BCUT2D eigenvalue weighted by Crippen LogP contribution is -2.47. The molecular weight excluding hydrogens is 473 g/mol. The average molecular weight is 507 g/mol. The topological polar surface area (TPSA) is 78.9 Å². The quantitative estimate of drug-likeness (QED) is 0.429. The maximum Gasteiger partial charge on any atom is 0.416 e. The average Bonchev–Trinajstić information content (AvgIpc) is 2.68. The van der Waals surface area contributed by atoms with Crippen molar-refractivity contribution < 1.29 is 32.6 Å². The molecule has 1 fully saturated rings. The van der Waals surface area contributed by atoms with Crippen molar-refractivity contribution >= 4 is 29.2 Å². The van der Waals surface area contributed by atoms with Crippen molar-refractivity contribution in [2.45, 2.75) is 83.7 Å². The number of alkyl halides is 3. The molecule has 3 atom stereocenters. The Morgan fingerprint density at radius 2 is 1.91 bits per heavy atom. The van der Waals surface area contributed by atoms with E-state index >= 15 is 0 Å². The summed E-state index contributed by atoms with van der Waals surface area (Å²) >= 11 is 5.83. The Bertz CT molecular complexity index is 858. The number of Topliss-reactive ketones (excluding diaryl/α,β-unsaturated/α-hetero) is 1. The molecule has 1 aliphatic heterocycles. The number of hydrogen-bond donors (Lipinski definition) is 2. The van der Waals surface area contributed by atoms with Crippen LogP contribution in [0.5, 0.6) is 0 Å². The summed E-state index contributed by atoms with van der Waals surface area (Å²) in [6.45, 7) is 7.61. The maximum absolute atomic E-state index is 13.1. The number of benzene rings is 1. The van der Waals surface area contributed by atoms with Gasteiger partial charge < -0.3 is 20.1 Å². The number of rotatable bonds is 8. The number of unbranched alkanes of at least 4 members (excludes halogenated alkanes) is 1. The highest BCUT2D eigenvalue weighted by Gasteiger charge is 2.33. The fourth-order valence-corrected chi connectivity index (χ4v) is 4.20. The highest BCUT2D eigenvalue weighted by Crippen LogP contribution is 2.33. The van der Waals surface area contributed by atoms with Gasteiger partial charge in [-0.2, -0.15) is 13.2 Å². The number of aliphatic hydroxyl groups is 1. The van der Waals surface area contributed by atoms with Gasteiger partial charge in [0.1, 0.15) is 5.60 Å². The normalized spacial score (nSPS) is 20.1. The molecule has 6 nitrogen and oxygen atoms in total. The molecule has 1 aliphatic rings. The SMILES string of the molecule is CC(=O)[C@@H](CCCC[C@H]1CN(C(=O)OC(C)(C)C)CC[C@@H]1O)Nc1cc(Cl)cc(C(F)(F)F)c1. The summed E-state index contributed by atoms with van der Waals surface area (Å²) in [5.41, 5.74) is -1.34. The molecule has 1 amide bonds. The van der Waals surface area contributed by atoms with E-state index in [4.69, 9.17) is 16.3 Å². The Hall–Kier alpha value is -2.00. The van der Waals surface area contributed by atoms with E-state index in [1.165, 1.54) is 13.0 Å². The second kappa shape index (κ2) is 11.6. The molecule has 1 aromatic rings. The van der Waals surface area contributed by atoms with E-state index in [0.717, 1.165) is 12.1 Å². The smallest absolute Gasteiger partial charge is 0.416 e. The molecule has 192 valence electrons. The van der Waals surface area contributed by atoms with E-state index in [2.05, 4.69) is 5.32 Å². The number of amides is 1. The van der Waals surface area contributed by atoms with Crippen LogP contribution in [0.2, 0.25) is 5.02 Å². The molecule has 10 heteroatoms. The summed E-state index contributed by atoms with van der Waals surface area (Å²) in [7, 11) is 0. The van der Waals surface area contributed by atoms with Crippen molar-refractivity contribution in [2.24, 2.45) is 5.92 Å². The van der Waals surface area contributed by atoms with Gasteiger partial charge in [-0.15, -0.1) is 0 Å². The molecule has 1 aromatic carbocycles. The van der Waals surface area contributed by atoms with Crippen LogP contribution < -0.4 is 5.32 Å². The molecule has 0 unspecified atom stereocenters. The number of piperidine rings is 1. The zero-order valence-corrected chi connectivity index (χ0v) is 20.8. The van der Waals surface area contributed by atoms with Gasteiger partial charge in [0, 0.05) is 29.7 Å². The zero-order valence-electron chi connectivity index (χ0n) is 20.0. The second-order valence-electron chi connectivity index (χ2n) is 9.86. The summed E-state index contributed by atoms with van der Waals surface area (Å²) in [5.74, 6) is -0.297. The molecule has 34 heavy (non-hydrogen) atoms. The molecule has 0 radical (unpaired) electrons. The lowest BCUT2D eigenvalue weighted by molar-refractivity contribution is -0.137. The largest absolute Gasteiger partial charge is 0.444 e. The number of likely N-dealkylation sites (tertiary alicyclic amines) is 1. The van der Waals surface area contributed by atoms with E-state index < -0.39 is 35.6 Å². The van der Waals surface area contributed by atoms with Crippen molar-refractivity contribution in [3.05, 3.63) is 28.8 Å². The number of nitrogens with zero attached hydrogens (tertiary/aromatic N) is 1. The molecule has 0 aliphatic carbocycles. The number of hydrogen-bond acceptors (Lipinski definition) is 5. The first-order valence-corrected chi connectivity index (χ1v) is 11.8. The number of aliphatic hydroxyl groups excluding tert-OH is 1. The van der Waals surface area contributed by atoms with Gasteiger partial charge in [-0.3, -0.25) is 4.79 Å². The molecule has 0 saturated carbocycles. The molecule has 0 spiro atoms. The molecule has 2 rings (SSSR count). The number of ketones is 1. The van der Waals surface area contributed by atoms with E-state index in [0.29, 0.717) is 45.2 Å². The Kier molecular flexibility index (Phi) is 9.65. The van der Waals surface area contributed by atoms with Crippen molar-refractivity contribution in [1.29, 1.82) is 0 Å². The van der Waals surface area contributed by atoms with Crippen LogP contribution >= 0.6 is 11.6 Å². The molecule has 1 heterocycles. The summed E-state index contributed by atoms with van der Waals surface area (Å²) < 4.78 is 44.6. The van der Waals surface area contributed by atoms with Gasteiger partial charge in [-0.1, -0.05) is 24.4 Å². The minimum absolute atomic E-state index is 0.0690. The zero-order chi connectivity index (χ0) is 25.7. The Morgan fingerprint density at radius 1 is 1.24 bits per heavy atom. The summed E-state index contributed by atoms with van der Waals surface area (Å²) in [6, 6.07) is 2.47. The van der Waals surface area contributed by atoms with Crippen LogP contribution in [0.15, 0.2) is 18.2 Å². The van der Waals surface area contributed by atoms with E-state index in [-0.39, 0.29) is 22.4 Å². The van der Waals surface area contributed by atoms with E-state index in [1.54, 1.807) is 25.7 Å². The molecule has 1 saturated heterocycles. The third kappa shape index (κ3) is 8.98. The van der Waals surface area contributed by atoms with Crippen LogP contribution in [0.4, 0.5) is 23.7 Å². The van der Waals surface area contributed by atoms with Crippen LogP contribution in [0, 0.1) is 5.92 Å². The van der Waals surface area contributed by atoms with Crippen LogP contribution in [-0.2, 0) is 15.7 Å².